The number of rotatable bonds is 5. The quantitative estimate of drug-likeness (QED) is 0.661. The molecule has 3 aromatic rings. The molecule has 0 N–H and O–H groups in total. The topological polar surface area (TPSA) is 64.8 Å². The molecule has 1 amide bonds. The highest BCUT2D eigenvalue weighted by atomic mass is 16.5. The Hall–Kier alpha value is -3.28. The van der Waals surface area contributed by atoms with Crippen molar-refractivity contribution in [3.8, 4) is 22.8 Å². The lowest BCUT2D eigenvalue weighted by atomic mass is 10.0. The molecule has 1 aliphatic heterocycles. The van der Waals surface area contributed by atoms with Crippen molar-refractivity contribution in [3.05, 3.63) is 65.9 Å². The highest BCUT2D eigenvalue weighted by Gasteiger charge is 2.32. The lowest BCUT2D eigenvalue weighted by molar-refractivity contribution is 0.0725. The maximum Gasteiger partial charge on any atom is 0.276 e. The molecule has 0 bridgehead atoms. The number of hydrogen-bond donors (Lipinski definition) is 0. The minimum atomic E-state index is -0.122. The van der Waals surface area contributed by atoms with Crippen LogP contribution >= 0.6 is 0 Å². The highest BCUT2D eigenvalue weighted by Crippen LogP contribution is 2.35. The van der Waals surface area contributed by atoms with E-state index in [1.165, 1.54) is 0 Å². The lowest BCUT2D eigenvalue weighted by Gasteiger charge is -2.24. The molecule has 2 heterocycles. The van der Waals surface area contributed by atoms with Crippen molar-refractivity contribution >= 4 is 5.91 Å². The van der Waals surface area contributed by atoms with Gasteiger partial charge in [0.05, 0.1) is 25.8 Å². The lowest BCUT2D eigenvalue weighted by Crippen LogP contribution is -2.30. The number of carbonyl (C=O) groups is 1. The van der Waals surface area contributed by atoms with Crippen molar-refractivity contribution in [1.29, 1.82) is 0 Å². The van der Waals surface area contributed by atoms with Crippen LogP contribution in [0.25, 0.3) is 11.3 Å². The van der Waals surface area contributed by atoms with Crippen molar-refractivity contribution in [3.63, 3.8) is 0 Å². The number of methoxy groups -OCH3 is 2. The van der Waals surface area contributed by atoms with Crippen LogP contribution in [-0.4, -0.2) is 36.7 Å². The van der Waals surface area contributed by atoms with E-state index in [0.717, 1.165) is 29.7 Å². The number of amides is 1. The Bertz CT molecular complexity index is 965. The number of benzene rings is 2. The fourth-order valence-electron chi connectivity index (χ4n) is 3.68. The van der Waals surface area contributed by atoms with Gasteiger partial charge in [0.15, 0.2) is 11.5 Å². The summed E-state index contributed by atoms with van der Waals surface area (Å²) in [6, 6.07) is 17.1. The van der Waals surface area contributed by atoms with E-state index in [1.54, 1.807) is 20.3 Å². The van der Waals surface area contributed by atoms with E-state index < -0.39 is 0 Å². The SMILES string of the molecule is COc1ccc([C@@H]2CCCN2C(=O)c2cc(-c3ccccc3OC)on2)cc1. The normalized spacial score (nSPS) is 16.2. The molecular weight excluding hydrogens is 356 g/mol. The van der Waals surface area contributed by atoms with Gasteiger partial charge in [-0.3, -0.25) is 4.79 Å². The molecule has 28 heavy (non-hydrogen) atoms. The summed E-state index contributed by atoms with van der Waals surface area (Å²) in [4.78, 5) is 15.0. The Labute approximate surface area is 163 Å². The second-order valence-electron chi connectivity index (χ2n) is 6.71. The summed E-state index contributed by atoms with van der Waals surface area (Å²) in [5, 5.41) is 4.03. The maximum atomic E-state index is 13.1. The number of ether oxygens (including phenoxy) is 2. The molecule has 1 aliphatic rings. The van der Waals surface area contributed by atoms with Crippen LogP contribution in [0.3, 0.4) is 0 Å². The van der Waals surface area contributed by atoms with Gasteiger partial charge in [-0.1, -0.05) is 29.4 Å². The van der Waals surface area contributed by atoms with E-state index in [9.17, 15) is 4.79 Å². The van der Waals surface area contributed by atoms with Crippen LogP contribution in [0.1, 0.15) is 34.9 Å². The third-order valence-electron chi connectivity index (χ3n) is 5.12. The summed E-state index contributed by atoms with van der Waals surface area (Å²) in [6.45, 7) is 0.701. The number of hydrogen-bond acceptors (Lipinski definition) is 5. The summed E-state index contributed by atoms with van der Waals surface area (Å²) in [5.41, 5.74) is 2.17. The van der Waals surface area contributed by atoms with E-state index in [1.807, 2.05) is 53.4 Å². The van der Waals surface area contributed by atoms with Crippen molar-refractivity contribution in [2.24, 2.45) is 0 Å². The van der Waals surface area contributed by atoms with E-state index in [0.29, 0.717) is 23.7 Å². The second-order valence-corrected chi connectivity index (χ2v) is 6.71. The van der Waals surface area contributed by atoms with Crippen LogP contribution in [-0.2, 0) is 0 Å². The van der Waals surface area contributed by atoms with Crippen molar-refractivity contribution in [1.82, 2.24) is 10.1 Å². The zero-order chi connectivity index (χ0) is 19.5. The zero-order valence-corrected chi connectivity index (χ0v) is 15.9. The first-order valence-electron chi connectivity index (χ1n) is 9.26. The monoisotopic (exact) mass is 378 g/mol. The van der Waals surface area contributed by atoms with Crippen molar-refractivity contribution in [2.75, 3.05) is 20.8 Å². The molecule has 0 unspecified atom stereocenters. The van der Waals surface area contributed by atoms with Crippen LogP contribution in [0.15, 0.2) is 59.1 Å². The number of aromatic nitrogens is 1. The molecule has 0 aliphatic carbocycles. The minimum Gasteiger partial charge on any atom is -0.497 e. The summed E-state index contributed by atoms with van der Waals surface area (Å²) in [7, 11) is 3.25. The van der Waals surface area contributed by atoms with Gasteiger partial charge < -0.3 is 18.9 Å². The Balaban J connectivity index is 1.58. The molecule has 1 saturated heterocycles. The minimum absolute atomic E-state index is 0.0322. The fourth-order valence-corrected chi connectivity index (χ4v) is 3.68. The molecule has 1 atom stereocenters. The molecule has 6 heteroatoms. The van der Waals surface area contributed by atoms with Gasteiger partial charge in [-0.05, 0) is 42.7 Å². The standard InChI is InChI=1S/C22H22N2O4/c1-26-16-11-9-15(10-12-16)19-7-5-13-24(19)22(25)18-14-21(28-23-18)17-6-3-4-8-20(17)27-2/h3-4,6,8-12,14,19H,5,7,13H2,1-2H3/t19-/m0/s1. The Morgan fingerprint density at radius 3 is 2.64 bits per heavy atom. The maximum absolute atomic E-state index is 13.1. The number of likely N-dealkylation sites (tertiary alicyclic amines) is 1. The zero-order valence-electron chi connectivity index (χ0n) is 15.9. The average molecular weight is 378 g/mol. The number of para-hydroxylation sites is 1. The summed E-state index contributed by atoms with van der Waals surface area (Å²) < 4.78 is 16.0. The first kappa shape index (κ1) is 18.1. The van der Waals surface area contributed by atoms with E-state index in [-0.39, 0.29) is 11.9 Å². The molecular formula is C22H22N2O4. The van der Waals surface area contributed by atoms with E-state index in [4.69, 9.17) is 14.0 Å². The summed E-state index contributed by atoms with van der Waals surface area (Å²) >= 11 is 0. The van der Waals surface area contributed by atoms with Crippen LogP contribution in [0.5, 0.6) is 11.5 Å². The molecule has 144 valence electrons. The Morgan fingerprint density at radius 2 is 1.89 bits per heavy atom. The second kappa shape index (κ2) is 7.76. The molecule has 0 radical (unpaired) electrons. The van der Waals surface area contributed by atoms with Gasteiger partial charge in [0.25, 0.3) is 5.91 Å². The predicted octanol–water partition coefficient (Wildman–Crippen LogP) is 4.34. The fraction of sp³-hybridized carbons (Fsp3) is 0.273. The van der Waals surface area contributed by atoms with Gasteiger partial charge in [0.2, 0.25) is 0 Å². The Morgan fingerprint density at radius 1 is 1.11 bits per heavy atom. The average Bonchev–Trinajstić information content (AvgIpc) is 3.43. The number of carbonyl (C=O) groups excluding carboxylic acids is 1. The van der Waals surface area contributed by atoms with Gasteiger partial charge in [0, 0.05) is 12.6 Å². The van der Waals surface area contributed by atoms with Gasteiger partial charge in [0.1, 0.15) is 11.5 Å². The first-order valence-corrected chi connectivity index (χ1v) is 9.26. The van der Waals surface area contributed by atoms with E-state index >= 15 is 0 Å². The molecule has 1 aromatic heterocycles. The van der Waals surface area contributed by atoms with Crippen LogP contribution < -0.4 is 9.47 Å². The van der Waals surface area contributed by atoms with Crippen molar-refractivity contribution in [2.45, 2.75) is 18.9 Å². The van der Waals surface area contributed by atoms with Crippen LogP contribution in [0.2, 0.25) is 0 Å². The number of nitrogens with zero attached hydrogens (tertiary/aromatic N) is 2. The smallest absolute Gasteiger partial charge is 0.276 e. The van der Waals surface area contributed by atoms with Gasteiger partial charge in [-0.2, -0.15) is 0 Å². The van der Waals surface area contributed by atoms with Crippen LogP contribution in [0, 0.1) is 0 Å². The first-order chi connectivity index (χ1) is 13.7. The summed E-state index contributed by atoms with van der Waals surface area (Å²) in [6.07, 6.45) is 1.88. The van der Waals surface area contributed by atoms with Gasteiger partial charge in [-0.25, -0.2) is 0 Å². The van der Waals surface area contributed by atoms with Crippen LogP contribution in [0.4, 0.5) is 0 Å². The predicted molar refractivity (Wildman–Crippen MR) is 104 cm³/mol. The summed E-state index contributed by atoms with van der Waals surface area (Å²) in [5.74, 6) is 1.87. The van der Waals surface area contributed by atoms with Crippen molar-refractivity contribution < 1.29 is 18.8 Å². The van der Waals surface area contributed by atoms with Gasteiger partial charge >= 0.3 is 0 Å². The highest BCUT2D eigenvalue weighted by molar-refractivity contribution is 5.93. The molecule has 1 fully saturated rings. The van der Waals surface area contributed by atoms with E-state index in [2.05, 4.69) is 5.16 Å². The molecule has 0 saturated carbocycles. The third-order valence-corrected chi connectivity index (χ3v) is 5.12. The largest absolute Gasteiger partial charge is 0.497 e. The molecule has 0 spiro atoms. The molecule has 6 nitrogen and oxygen atoms in total. The Kier molecular flexibility index (Phi) is 5.02. The molecule has 4 rings (SSSR count). The molecule has 2 aromatic carbocycles. The van der Waals surface area contributed by atoms with Gasteiger partial charge in [-0.15, -0.1) is 0 Å². The third kappa shape index (κ3) is 3.33.